The highest BCUT2D eigenvalue weighted by Crippen LogP contribution is 2.30. The average Bonchev–Trinajstić information content (AvgIpc) is 3.26. The van der Waals surface area contributed by atoms with Crippen LogP contribution in [0.15, 0.2) is 72.8 Å². The maximum atomic E-state index is 13.8. The second kappa shape index (κ2) is 10.9. The monoisotopic (exact) mass is 475 g/mol. The first kappa shape index (κ1) is 24.0. The van der Waals surface area contributed by atoms with Gasteiger partial charge in [0.05, 0.1) is 12.1 Å². The summed E-state index contributed by atoms with van der Waals surface area (Å²) in [5.41, 5.74) is 3.23. The molecule has 2 amide bonds. The molecule has 0 aliphatic rings. The van der Waals surface area contributed by atoms with Crippen LogP contribution in [0.3, 0.4) is 0 Å². The van der Waals surface area contributed by atoms with Gasteiger partial charge in [-0.3, -0.25) is 14.5 Å². The predicted molar refractivity (Wildman–Crippen MR) is 130 cm³/mol. The molecule has 0 saturated heterocycles. The zero-order chi connectivity index (χ0) is 24.8. The van der Waals surface area contributed by atoms with E-state index in [4.69, 9.17) is 4.74 Å². The molecule has 0 spiro atoms. The molecule has 1 unspecified atom stereocenters. The number of ether oxygens (including phenoxy) is 1. The van der Waals surface area contributed by atoms with Gasteiger partial charge in [-0.25, -0.2) is 9.07 Å². The lowest BCUT2D eigenvalue weighted by Gasteiger charge is -2.32. The zero-order valence-corrected chi connectivity index (χ0v) is 19.5. The Morgan fingerprint density at radius 2 is 1.77 bits per heavy atom. The normalized spacial score (nSPS) is 11.9. The Kier molecular flexibility index (Phi) is 7.47. The smallest absolute Gasteiger partial charge is 0.249 e. The van der Waals surface area contributed by atoms with Gasteiger partial charge in [0.1, 0.15) is 23.9 Å². The Labute approximate surface area is 202 Å². The summed E-state index contributed by atoms with van der Waals surface area (Å²) in [4.78, 5) is 28.7. The van der Waals surface area contributed by atoms with Gasteiger partial charge in [0.2, 0.25) is 11.8 Å². The second-order valence-corrected chi connectivity index (χ2v) is 8.02. The fourth-order valence-electron chi connectivity index (χ4n) is 3.94. The van der Waals surface area contributed by atoms with Gasteiger partial charge in [-0.15, -0.1) is 5.10 Å². The number of rotatable bonds is 9. The molecule has 0 bridgehead atoms. The summed E-state index contributed by atoms with van der Waals surface area (Å²) in [6.07, 6.45) is 0. The van der Waals surface area contributed by atoms with Crippen LogP contribution >= 0.6 is 0 Å². The van der Waals surface area contributed by atoms with Crippen molar-refractivity contribution in [2.75, 3.05) is 25.2 Å². The fourth-order valence-corrected chi connectivity index (χ4v) is 3.94. The summed E-state index contributed by atoms with van der Waals surface area (Å²) in [5, 5.41) is 11.1. The van der Waals surface area contributed by atoms with Crippen molar-refractivity contribution >= 4 is 28.5 Å². The summed E-state index contributed by atoms with van der Waals surface area (Å²) in [6.45, 7) is 2.31. The van der Waals surface area contributed by atoms with E-state index in [0.717, 1.165) is 5.56 Å². The molecule has 0 radical (unpaired) electrons. The van der Waals surface area contributed by atoms with E-state index in [1.807, 2.05) is 49.4 Å². The Morgan fingerprint density at radius 1 is 1.06 bits per heavy atom. The van der Waals surface area contributed by atoms with Crippen molar-refractivity contribution in [2.45, 2.75) is 19.5 Å². The maximum absolute atomic E-state index is 13.8. The highest BCUT2D eigenvalue weighted by molar-refractivity contribution is 6.01. The number of anilines is 1. The Bertz CT molecular complexity index is 1320. The Morgan fingerprint density at radius 3 is 2.51 bits per heavy atom. The maximum Gasteiger partial charge on any atom is 0.249 e. The minimum absolute atomic E-state index is 0.161. The lowest BCUT2D eigenvalue weighted by molar-refractivity contribution is -0.127. The molecule has 1 aromatic heterocycles. The number of fused-ring (bicyclic) bond motifs is 1. The molecule has 0 aliphatic heterocycles. The van der Waals surface area contributed by atoms with Crippen LogP contribution in [-0.2, 0) is 20.9 Å². The van der Waals surface area contributed by atoms with Gasteiger partial charge < -0.3 is 10.1 Å². The summed E-state index contributed by atoms with van der Waals surface area (Å²) >= 11 is 0. The first-order valence-electron chi connectivity index (χ1n) is 11.2. The van der Waals surface area contributed by atoms with Crippen LogP contribution in [0.1, 0.15) is 17.2 Å². The SMILES string of the molecule is COCCNC(=O)C(c1ccccc1C)N(C(=O)Cn1nnc2ccccc21)c1ccc(F)cc1. The molecule has 0 fully saturated rings. The fraction of sp³-hybridized carbons (Fsp3) is 0.231. The highest BCUT2D eigenvalue weighted by atomic mass is 19.1. The minimum atomic E-state index is -0.999. The molecule has 9 heteroatoms. The Balaban J connectivity index is 1.78. The third-order valence-corrected chi connectivity index (χ3v) is 5.67. The van der Waals surface area contributed by atoms with Crippen LogP contribution in [0.4, 0.5) is 10.1 Å². The number of benzene rings is 3. The molecule has 3 aromatic carbocycles. The van der Waals surface area contributed by atoms with Gasteiger partial charge in [0, 0.05) is 19.3 Å². The van der Waals surface area contributed by atoms with Crippen LogP contribution in [-0.4, -0.2) is 47.1 Å². The van der Waals surface area contributed by atoms with Crippen molar-refractivity contribution in [1.82, 2.24) is 20.3 Å². The quantitative estimate of drug-likeness (QED) is 0.375. The lowest BCUT2D eigenvalue weighted by atomic mass is 9.98. The number of carbonyl (C=O) groups is 2. The molecule has 35 heavy (non-hydrogen) atoms. The summed E-state index contributed by atoms with van der Waals surface area (Å²) < 4.78 is 20.3. The van der Waals surface area contributed by atoms with Gasteiger partial charge in [-0.05, 0) is 54.4 Å². The largest absolute Gasteiger partial charge is 0.383 e. The van der Waals surface area contributed by atoms with E-state index in [1.54, 1.807) is 13.2 Å². The molecule has 4 aromatic rings. The van der Waals surface area contributed by atoms with Gasteiger partial charge >= 0.3 is 0 Å². The molecule has 180 valence electrons. The zero-order valence-electron chi connectivity index (χ0n) is 19.5. The van der Waals surface area contributed by atoms with Crippen molar-refractivity contribution in [3.05, 3.63) is 89.7 Å². The van der Waals surface area contributed by atoms with Crippen molar-refractivity contribution in [3.63, 3.8) is 0 Å². The minimum Gasteiger partial charge on any atom is -0.383 e. The molecule has 0 aliphatic carbocycles. The number of nitrogens with zero attached hydrogens (tertiary/aromatic N) is 4. The van der Waals surface area contributed by atoms with Crippen LogP contribution in [0.2, 0.25) is 0 Å². The van der Waals surface area contributed by atoms with E-state index in [1.165, 1.54) is 33.8 Å². The first-order valence-corrected chi connectivity index (χ1v) is 11.2. The number of hydrogen-bond acceptors (Lipinski definition) is 5. The number of amides is 2. The second-order valence-electron chi connectivity index (χ2n) is 8.02. The molecular weight excluding hydrogens is 449 g/mol. The van der Waals surface area contributed by atoms with E-state index in [-0.39, 0.29) is 19.0 Å². The molecule has 1 heterocycles. The van der Waals surface area contributed by atoms with Crippen molar-refractivity contribution in [2.24, 2.45) is 0 Å². The molecule has 1 N–H and O–H groups in total. The Hall–Kier alpha value is -4.11. The summed E-state index contributed by atoms with van der Waals surface area (Å²) in [7, 11) is 1.54. The average molecular weight is 476 g/mol. The number of hydrogen-bond donors (Lipinski definition) is 1. The first-order chi connectivity index (χ1) is 17.0. The van der Waals surface area contributed by atoms with E-state index in [0.29, 0.717) is 28.9 Å². The standard InChI is InChI=1S/C26H26FN5O3/c1-18-7-3-4-8-21(18)25(26(34)28-15-16-35-2)32(20-13-11-19(27)12-14-20)24(33)17-31-23-10-6-5-9-22(23)29-30-31/h3-14,25H,15-17H2,1-2H3,(H,28,34). The van der Waals surface area contributed by atoms with Crippen LogP contribution in [0, 0.1) is 12.7 Å². The van der Waals surface area contributed by atoms with Gasteiger partial charge in [0.25, 0.3) is 0 Å². The van der Waals surface area contributed by atoms with Crippen molar-refractivity contribution in [3.8, 4) is 0 Å². The van der Waals surface area contributed by atoms with Gasteiger partial charge in [-0.1, -0.05) is 41.6 Å². The molecule has 0 saturated carbocycles. The van der Waals surface area contributed by atoms with Crippen LogP contribution < -0.4 is 10.2 Å². The number of methoxy groups -OCH3 is 1. The van der Waals surface area contributed by atoms with Crippen molar-refractivity contribution < 1.29 is 18.7 Å². The highest BCUT2D eigenvalue weighted by Gasteiger charge is 2.34. The molecule has 1 atom stereocenters. The number of para-hydroxylation sites is 1. The van der Waals surface area contributed by atoms with Crippen molar-refractivity contribution in [1.29, 1.82) is 0 Å². The predicted octanol–water partition coefficient (Wildman–Crippen LogP) is 3.42. The topological polar surface area (TPSA) is 89.4 Å². The number of carbonyl (C=O) groups excluding carboxylic acids is 2. The number of halogens is 1. The molecule has 8 nitrogen and oxygen atoms in total. The van der Waals surface area contributed by atoms with E-state index >= 15 is 0 Å². The number of aromatic nitrogens is 3. The van der Waals surface area contributed by atoms with Crippen LogP contribution in [0.5, 0.6) is 0 Å². The third kappa shape index (κ3) is 5.36. The molecular formula is C26H26FN5O3. The summed E-state index contributed by atoms with van der Waals surface area (Å²) in [6, 6.07) is 19.2. The number of aryl methyl sites for hydroxylation is 1. The van der Waals surface area contributed by atoms with Gasteiger partial charge in [0.15, 0.2) is 0 Å². The third-order valence-electron chi connectivity index (χ3n) is 5.67. The number of nitrogens with one attached hydrogen (secondary N) is 1. The van der Waals surface area contributed by atoms with E-state index < -0.39 is 17.8 Å². The van der Waals surface area contributed by atoms with Crippen LogP contribution in [0.25, 0.3) is 11.0 Å². The van der Waals surface area contributed by atoms with E-state index in [9.17, 15) is 14.0 Å². The van der Waals surface area contributed by atoms with Gasteiger partial charge in [-0.2, -0.15) is 0 Å². The lowest BCUT2D eigenvalue weighted by Crippen LogP contribution is -2.46. The summed E-state index contributed by atoms with van der Waals surface area (Å²) in [5.74, 6) is -1.22. The molecule has 4 rings (SSSR count). The van der Waals surface area contributed by atoms with E-state index in [2.05, 4.69) is 15.6 Å².